The summed E-state index contributed by atoms with van der Waals surface area (Å²) in [5, 5.41) is 14.6. The molecule has 3 heterocycles. The minimum absolute atomic E-state index is 0.0586. The molecule has 2 atom stereocenters. The highest BCUT2D eigenvalue weighted by Crippen LogP contribution is 2.42. The van der Waals surface area contributed by atoms with Crippen LogP contribution in [-0.4, -0.2) is 53.2 Å². The van der Waals surface area contributed by atoms with E-state index in [1.807, 2.05) is 5.38 Å². The van der Waals surface area contributed by atoms with Crippen molar-refractivity contribution in [1.29, 1.82) is 0 Å². The van der Waals surface area contributed by atoms with Gasteiger partial charge in [-0.15, -0.1) is 23.1 Å². The maximum Gasteiger partial charge on any atom is 0.359 e. The second-order valence-corrected chi connectivity index (χ2v) is 12.7. The minimum Gasteiger partial charge on any atom is -0.456 e. The molecule has 3 aromatic rings. The zero-order chi connectivity index (χ0) is 30.0. The van der Waals surface area contributed by atoms with Gasteiger partial charge in [-0.25, -0.2) is 9.18 Å². The van der Waals surface area contributed by atoms with E-state index in [1.165, 1.54) is 35.6 Å². The normalized spacial score (nSPS) is 18.1. The highest BCUT2D eigenvalue weighted by Gasteiger charge is 2.55. The van der Waals surface area contributed by atoms with E-state index in [2.05, 4.69) is 5.32 Å². The number of nitrogens with zero attached hydrogens (tertiary/aromatic N) is 2. The zero-order valence-electron chi connectivity index (χ0n) is 21.3. The van der Waals surface area contributed by atoms with Crippen LogP contribution in [0.15, 0.2) is 82.4 Å². The maximum atomic E-state index is 13.3. The van der Waals surface area contributed by atoms with Crippen LogP contribution in [0.4, 0.5) is 10.1 Å². The highest BCUT2D eigenvalue weighted by molar-refractivity contribution is 8.00. The van der Waals surface area contributed by atoms with Crippen LogP contribution in [0.25, 0.3) is 0 Å². The number of β-lactam (4-membered cyclic amide) rings is 1. The molecule has 1 aromatic heterocycles. The summed E-state index contributed by atoms with van der Waals surface area (Å²) in [6, 6.07) is 11.6. The van der Waals surface area contributed by atoms with Crippen molar-refractivity contribution in [3.05, 3.63) is 104 Å². The number of hydrogen-bond acceptors (Lipinski definition) is 11. The number of fused-ring (bicyclic) bond motifs is 1. The summed E-state index contributed by atoms with van der Waals surface area (Å²) in [6.45, 7) is -0.348. The Labute approximate surface area is 246 Å². The van der Waals surface area contributed by atoms with Gasteiger partial charge in [-0.3, -0.25) is 24.6 Å². The standard InChI is InChI=1S/C26H20FN3O9S3/c27-16-5-9-19(10-6-16)42(36,37)39-20-14-41-25-22(28-21(31)12-18-2-1-11-40-18)24(32)29(25)23(20)26(33)38-13-15-3-7-17(8-4-15)30(34)35/h1-11,22,25H,12-14H2,(H,28,31)/t22?,25-/m1/s1. The van der Waals surface area contributed by atoms with Crippen molar-refractivity contribution in [2.24, 2.45) is 0 Å². The topological polar surface area (TPSA) is 162 Å². The van der Waals surface area contributed by atoms with Crippen molar-refractivity contribution in [3.8, 4) is 0 Å². The van der Waals surface area contributed by atoms with Crippen molar-refractivity contribution < 1.29 is 41.0 Å². The SMILES string of the molecule is O=C(Cc1cccs1)NC1C(=O)N2C(C(=O)OCc3ccc([N+](=O)[O-])cc3)=C(OS(=O)(=O)c3ccc(F)cc3)CS[C@H]12. The molecule has 0 saturated carbocycles. The number of rotatable bonds is 10. The van der Waals surface area contributed by atoms with Gasteiger partial charge in [0.15, 0.2) is 11.5 Å². The molecule has 42 heavy (non-hydrogen) atoms. The molecule has 1 saturated heterocycles. The van der Waals surface area contributed by atoms with E-state index in [0.717, 1.165) is 45.8 Å². The van der Waals surface area contributed by atoms with Crippen molar-refractivity contribution >= 4 is 56.7 Å². The van der Waals surface area contributed by atoms with Crippen LogP contribution in [0.1, 0.15) is 10.4 Å². The van der Waals surface area contributed by atoms with Crippen LogP contribution in [0.2, 0.25) is 0 Å². The van der Waals surface area contributed by atoms with E-state index in [1.54, 1.807) is 12.1 Å². The van der Waals surface area contributed by atoms with Gasteiger partial charge in [0.2, 0.25) is 5.91 Å². The average molecular weight is 634 g/mol. The van der Waals surface area contributed by atoms with Gasteiger partial charge in [-0.2, -0.15) is 8.42 Å². The predicted molar refractivity (Wildman–Crippen MR) is 148 cm³/mol. The van der Waals surface area contributed by atoms with Gasteiger partial charge in [0.25, 0.3) is 11.6 Å². The Hall–Kier alpha value is -4.28. The third-order valence-electron chi connectivity index (χ3n) is 6.19. The Morgan fingerprint density at radius 1 is 1.12 bits per heavy atom. The third-order valence-corrected chi connectivity index (χ3v) is 9.59. The molecule has 12 nitrogen and oxygen atoms in total. The Balaban J connectivity index is 1.38. The van der Waals surface area contributed by atoms with E-state index in [4.69, 9.17) is 8.92 Å². The lowest BCUT2D eigenvalue weighted by atomic mass is 10.0. The number of esters is 1. The van der Waals surface area contributed by atoms with Gasteiger partial charge in [0.05, 0.1) is 17.1 Å². The summed E-state index contributed by atoms with van der Waals surface area (Å²) in [5.41, 5.74) is -0.230. The number of hydrogen-bond donors (Lipinski definition) is 1. The van der Waals surface area contributed by atoms with E-state index in [0.29, 0.717) is 5.56 Å². The fourth-order valence-electron chi connectivity index (χ4n) is 4.15. The fraction of sp³-hybridized carbons (Fsp3) is 0.192. The maximum absolute atomic E-state index is 13.3. The van der Waals surface area contributed by atoms with E-state index in [9.17, 15) is 37.3 Å². The predicted octanol–water partition coefficient (Wildman–Crippen LogP) is 3.10. The Bertz CT molecular complexity index is 1680. The van der Waals surface area contributed by atoms with Gasteiger partial charge >= 0.3 is 16.1 Å². The van der Waals surface area contributed by atoms with Crippen LogP contribution in [0.3, 0.4) is 0 Å². The van der Waals surface area contributed by atoms with E-state index < -0.39 is 55.8 Å². The molecule has 1 unspecified atom stereocenters. The molecule has 218 valence electrons. The average Bonchev–Trinajstić information content (AvgIpc) is 3.47. The van der Waals surface area contributed by atoms with Gasteiger partial charge < -0.3 is 14.2 Å². The van der Waals surface area contributed by atoms with Gasteiger partial charge in [0, 0.05) is 17.0 Å². The number of nitro groups is 1. The lowest BCUT2D eigenvalue weighted by Crippen LogP contribution is -2.70. The molecule has 2 aromatic carbocycles. The lowest BCUT2D eigenvalue weighted by Gasteiger charge is -2.49. The van der Waals surface area contributed by atoms with Crippen LogP contribution in [0, 0.1) is 15.9 Å². The molecule has 0 radical (unpaired) electrons. The Morgan fingerprint density at radius 2 is 1.83 bits per heavy atom. The number of thioether (sulfide) groups is 1. The first kappa shape index (κ1) is 29.2. The number of benzene rings is 2. The van der Waals surface area contributed by atoms with Crippen LogP contribution >= 0.6 is 23.1 Å². The number of carbonyl (C=O) groups excluding carboxylic acids is 3. The third kappa shape index (κ3) is 6.14. The number of nitrogens with one attached hydrogen (secondary N) is 1. The number of nitro benzene ring substituents is 1. The van der Waals surface area contributed by atoms with Gasteiger partial charge in [-0.1, -0.05) is 6.07 Å². The largest absolute Gasteiger partial charge is 0.456 e. The van der Waals surface area contributed by atoms with Crippen LogP contribution < -0.4 is 5.32 Å². The summed E-state index contributed by atoms with van der Waals surface area (Å²) < 4.78 is 49.8. The fourth-order valence-corrected chi connectivity index (χ4v) is 7.15. The number of carbonyl (C=O) groups is 3. The van der Waals surface area contributed by atoms with Gasteiger partial charge in [0.1, 0.15) is 28.7 Å². The molecule has 5 rings (SSSR count). The van der Waals surface area contributed by atoms with Crippen molar-refractivity contribution in [2.45, 2.75) is 29.3 Å². The van der Waals surface area contributed by atoms with Crippen LogP contribution in [-0.2, 0) is 46.4 Å². The van der Waals surface area contributed by atoms with Crippen LogP contribution in [0.5, 0.6) is 0 Å². The summed E-state index contributed by atoms with van der Waals surface area (Å²) >= 11 is 2.46. The number of thiophene rings is 1. The zero-order valence-corrected chi connectivity index (χ0v) is 23.7. The van der Waals surface area contributed by atoms with Crippen molar-refractivity contribution in [3.63, 3.8) is 0 Å². The second kappa shape index (κ2) is 11.9. The molecule has 1 N–H and O–H groups in total. The smallest absolute Gasteiger partial charge is 0.359 e. The van der Waals surface area contributed by atoms with E-state index in [-0.39, 0.29) is 35.1 Å². The monoisotopic (exact) mass is 633 g/mol. The first-order valence-corrected chi connectivity index (χ1v) is 15.5. The van der Waals surface area contributed by atoms with Crippen molar-refractivity contribution in [1.82, 2.24) is 10.2 Å². The van der Waals surface area contributed by atoms with Gasteiger partial charge in [-0.05, 0) is 53.4 Å². The summed E-state index contributed by atoms with van der Waals surface area (Å²) in [4.78, 5) is 50.8. The van der Waals surface area contributed by atoms with E-state index >= 15 is 0 Å². The Morgan fingerprint density at radius 3 is 2.48 bits per heavy atom. The number of ether oxygens (including phenoxy) is 1. The lowest BCUT2D eigenvalue weighted by molar-refractivity contribution is -0.384. The molecular formula is C26H20FN3O9S3. The molecule has 2 aliphatic heterocycles. The summed E-state index contributed by atoms with van der Waals surface area (Å²) in [7, 11) is -4.54. The molecule has 1 fully saturated rings. The summed E-state index contributed by atoms with van der Waals surface area (Å²) in [5.74, 6) is -3.38. The molecular weight excluding hydrogens is 613 g/mol. The highest BCUT2D eigenvalue weighted by atomic mass is 32.2. The molecule has 0 spiro atoms. The second-order valence-electron chi connectivity index (χ2n) is 8.97. The minimum atomic E-state index is -4.54. The number of amides is 2. The van der Waals surface area contributed by atoms with Crippen molar-refractivity contribution in [2.75, 3.05) is 5.75 Å². The molecule has 2 amide bonds. The molecule has 0 aliphatic carbocycles. The molecule has 16 heteroatoms. The number of non-ortho nitro benzene ring substituents is 1. The quantitative estimate of drug-likeness (QED) is 0.115. The number of halogens is 1. The first-order valence-electron chi connectivity index (χ1n) is 12.1. The Kier molecular flexibility index (Phi) is 8.29. The molecule has 2 aliphatic rings. The molecule has 0 bridgehead atoms. The summed E-state index contributed by atoms with van der Waals surface area (Å²) in [6.07, 6.45) is 0.0586. The first-order chi connectivity index (χ1) is 20.0.